The summed E-state index contributed by atoms with van der Waals surface area (Å²) in [6, 6.07) is 16.4. The minimum absolute atomic E-state index is 0.00282. The molecular weight excluding hydrogens is 450 g/mol. The van der Waals surface area contributed by atoms with Crippen LogP contribution >= 0.6 is 11.3 Å². The van der Waals surface area contributed by atoms with Crippen LogP contribution in [0.3, 0.4) is 0 Å². The number of hydrogen-bond acceptors (Lipinski definition) is 8. The van der Waals surface area contributed by atoms with E-state index in [0.717, 1.165) is 5.56 Å². The SMILES string of the molecule is CCN(c1ccccc1)S(=O)(=O)c1cccc(C(=O)OCc2noc(-c3ccsc3)n2)c1. The maximum Gasteiger partial charge on any atom is 0.338 e. The molecular formula is C22H19N3O5S2. The highest BCUT2D eigenvalue weighted by atomic mass is 32.2. The zero-order valence-electron chi connectivity index (χ0n) is 17.0. The normalized spacial score (nSPS) is 11.3. The van der Waals surface area contributed by atoms with Crippen molar-refractivity contribution in [2.24, 2.45) is 0 Å². The summed E-state index contributed by atoms with van der Waals surface area (Å²) >= 11 is 1.50. The number of carbonyl (C=O) groups excluding carboxylic acids is 1. The molecule has 4 aromatic rings. The number of thiophene rings is 1. The standard InChI is InChI=1S/C22H19N3O5S2/c1-2-25(18-8-4-3-5-9-18)32(27,28)19-10-6-7-16(13-19)22(26)29-14-20-23-21(30-24-20)17-11-12-31-15-17/h3-13,15H,2,14H2,1H3. The van der Waals surface area contributed by atoms with Crippen molar-refractivity contribution >= 4 is 33.0 Å². The van der Waals surface area contributed by atoms with E-state index >= 15 is 0 Å². The Labute approximate surface area is 189 Å². The van der Waals surface area contributed by atoms with E-state index in [-0.39, 0.29) is 29.4 Å². The summed E-state index contributed by atoms with van der Waals surface area (Å²) in [5.74, 6) is -0.137. The van der Waals surface area contributed by atoms with Crippen molar-refractivity contribution in [3.05, 3.63) is 82.8 Å². The summed E-state index contributed by atoms with van der Waals surface area (Å²) in [5.41, 5.74) is 1.44. The van der Waals surface area contributed by atoms with Crippen LogP contribution < -0.4 is 4.31 Å². The summed E-state index contributed by atoms with van der Waals surface area (Å²) in [7, 11) is -3.86. The lowest BCUT2D eigenvalue weighted by Gasteiger charge is -2.23. The van der Waals surface area contributed by atoms with E-state index in [1.807, 2.05) is 22.9 Å². The number of anilines is 1. The third kappa shape index (κ3) is 4.56. The second kappa shape index (κ2) is 9.33. The van der Waals surface area contributed by atoms with E-state index in [4.69, 9.17) is 9.26 Å². The Kier molecular flexibility index (Phi) is 6.33. The molecule has 0 spiro atoms. The summed E-state index contributed by atoms with van der Waals surface area (Å²) < 4.78 is 38.0. The maximum atomic E-state index is 13.2. The van der Waals surface area contributed by atoms with Gasteiger partial charge < -0.3 is 9.26 Å². The minimum Gasteiger partial charge on any atom is -0.454 e. The molecule has 0 radical (unpaired) electrons. The molecule has 2 heterocycles. The van der Waals surface area contributed by atoms with Crippen LogP contribution in [0.4, 0.5) is 5.69 Å². The van der Waals surface area contributed by atoms with Crippen LogP contribution in [0.15, 0.2) is 80.8 Å². The van der Waals surface area contributed by atoms with Gasteiger partial charge in [0.1, 0.15) is 0 Å². The average molecular weight is 470 g/mol. The molecule has 0 N–H and O–H groups in total. The third-order valence-corrected chi connectivity index (χ3v) is 7.14. The molecule has 0 unspecified atom stereocenters. The molecule has 0 bridgehead atoms. The Morgan fingerprint density at radius 3 is 2.66 bits per heavy atom. The Balaban J connectivity index is 1.49. The zero-order valence-corrected chi connectivity index (χ0v) is 18.7. The first-order valence-electron chi connectivity index (χ1n) is 9.69. The van der Waals surface area contributed by atoms with Gasteiger partial charge in [-0.15, -0.1) is 0 Å². The first kappa shape index (κ1) is 21.7. The van der Waals surface area contributed by atoms with E-state index < -0.39 is 16.0 Å². The van der Waals surface area contributed by atoms with Crippen molar-refractivity contribution < 1.29 is 22.5 Å². The summed E-state index contributed by atoms with van der Waals surface area (Å²) in [5, 5.41) is 7.55. The van der Waals surface area contributed by atoms with Crippen LogP contribution in [0, 0.1) is 0 Å². The van der Waals surface area contributed by atoms with Gasteiger partial charge in [0.05, 0.1) is 21.7 Å². The molecule has 4 rings (SSSR count). The largest absolute Gasteiger partial charge is 0.454 e. The monoisotopic (exact) mass is 469 g/mol. The van der Waals surface area contributed by atoms with Crippen LogP contribution in [0.1, 0.15) is 23.1 Å². The van der Waals surface area contributed by atoms with Gasteiger partial charge in [0.15, 0.2) is 6.61 Å². The molecule has 2 aromatic heterocycles. The lowest BCUT2D eigenvalue weighted by molar-refractivity contribution is 0.0459. The van der Waals surface area contributed by atoms with Crippen molar-refractivity contribution in [1.82, 2.24) is 10.1 Å². The molecule has 0 aliphatic carbocycles. The van der Waals surface area contributed by atoms with E-state index in [1.54, 1.807) is 31.2 Å². The molecule has 0 saturated carbocycles. The van der Waals surface area contributed by atoms with E-state index in [1.165, 1.54) is 39.9 Å². The zero-order chi connectivity index (χ0) is 22.6. The molecule has 0 saturated heterocycles. The molecule has 0 aliphatic rings. The third-order valence-electron chi connectivity index (χ3n) is 4.56. The number of ether oxygens (including phenoxy) is 1. The Morgan fingerprint density at radius 2 is 1.94 bits per heavy atom. The van der Waals surface area contributed by atoms with Gasteiger partial charge in [-0.25, -0.2) is 13.2 Å². The number of nitrogens with zero attached hydrogens (tertiary/aromatic N) is 3. The molecule has 8 nitrogen and oxygen atoms in total. The number of hydrogen-bond donors (Lipinski definition) is 0. The van der Waals surface area contributed by atoms with Gasteiger partial charge in [0.2, 0.25) is 5.82 Å². The van der Waals surface area contributed by atoms with Gasteiger partial charge in [0.25, 0.3) is 15.9 Å². The fourth-order valence-electron chi connectivity index (χ4n) is 3.03. The van der Waals surface area contributed by atoms with Gasteiger partial charge >= 0.3 is 5.97 Å². The highest BCUT2D eigenvalue weighted by Gasteiger charge is 2.24. The smallest absolute Gasteiger partial charge is 0.338 e. The predicted molar refractivity (Wildman–Crippen MR) is 120 cm³/mol. The number of para-hydroxylation sites is 1. The Bertz CT molecular complexity index is 1300. The molecule has 0 atom stereocenters. The second-order valence-corrected chi connectivity index (χ2v) is 9.28. The van der Waals surface area contributed by atoms with Gasteiger partial charge in [-0.1, -0.05) is 29.4 Å². The fourth-order valence-corrected chi connectivity index (χ4v) is 5.18. The van der Waals surface area contributed by atoms with Crippen LogP contribution in [0.5, 0.6) is 0 Å². The lowest BCUT2D eigenvalue weighted by Crippen LogP contribution is -2.30. The summed E-state index contributed by atoms with van der Waals surface area (Å²) in [4.78, 5) is 16.7. The van der Waals surface area contributed by atoms with E-state index in [9.17, 15) is 13.2 Å². The van der Waals surface area contributed by atoms with Crippen molar-refractivity contribution in [2.75, 3.05) is 10.8 Å². The van der Waals surface area contributed by atoms with Crippen LogP contribution in [-0.4, -0.2) is 31.1 Å². The number of benzene rings is 2. The van der Waals surface area contributed by atoms with Crippen LogP contribution in [0.2, 0.25) is 0 Å². The second-order valence-electron chi connectivity index (χ2n) is 6.64. The topological polar surface area (TPSA) is 103 Å². The fraction of sp³-hybridized carbons (Fsp3) is 0.136. The van der Waals surface area contributed by atoms with Crippen molar-refractivity contribution in [2.45, 2.75) is 18.4 Å². The molecule has 2 aromatic carbocycles. The van der Waals surface area contributed by atoms with Crippen molar-refractivity contribution in [1.29, 1.82) is 0 Å². The lowest BCUT2D eigenvalue weighted by atomic mass is 10.2. The van der Waals surface area contributed by atoms with E-state index in [2.05, 4.69) is 10.1 Å². The first-order chi connectivity index (χ1) is 15.5. The predicted octanol–water partition coefficient (Wildman–Crippen LogP) is 4.37. The van der Waals surface area contributed by atoms with Gasteiger partial charge in [-0.05, 0) is 48.7 Å². The number of aromatic nitrogens is 2. The van der Waals surface area contributed by atoms with Gasteiger partial charge in [-0.2, -0.15) is 16.3 Å². The van der Waals surface area contributed by atoms with Crippen molar-refractivity contribution in [3.63, 3.8) is 0 Å². The average Bonchev–Trinajstić information content (AvgIpc) is 3.51. The molecule has 32 heavy (non-hydrogen) atoms. The van der Waals surface area contributed by atoms with Crippen LogP contribution in [0.25, 0.3) is 11.5 Å². The molecule has 164 valence electrons. The molecule has 0 fully saturated rings. The Hall–Kier alpha value is -3.50. The number of carbonyl (C=O) groups is 1. The number of sulfonamides is 1. The van der Waals surface area contributed by atoms with Gasteiger partial charge in [0, 0.05) is 11.9 Å². The first-order valence-corrected chi connectivity index (χ1v) is 12.1. The van der Waals surface area contributed by atoms with Crippen molar-refractivity contribution in [3.8, 4) is 11.5 Å². The highest BCUT2D eigenvalue weighted by molar-refractivity contribution is 7.92. The van der Waals surface area contributed by atoms with Crippen LogP contribution in [-0.2, 0) is 21.4 Å². The highest BCUT2D eigenvalue weighted by Crippen LogP contribution is 2.24. The maximum absolute atomic E-state index is 13.2. The number of rotatable bonds is 8. The van der Waals surface area contributed by atoms with Gasteiger partial charge in [-0.3, -0.25) is 4.31 Å². The molecule has 0 aliphatic heterocycles. The summed E-state index contributed by atoms with van der Waals surface area (Å²) in [6.45, 7) is 1.79. The molecule has 10 heteroatoms. The minimum atomic E-state index is -3.86. The Morgan fingerprint density at radius 1 is 1.12 bits per heavy atom. The van der Waals surface area contributed by atoms with E-state index in [0.29, 0.717) is 11.6 Å². The molecule has 0 amide bonds. The number of esters is 1. The quantitative estimate of drug-likeness (QED) is 0.353. The summed E-state index contributed by atoms with van der Waals surface area (Å²) in [6.07, 6.45) is 0.